The minimum absolute atomic E-state index is 0.0590. The van der Waals surface area contributed by atoms with Gasteiger partial charge in [0.2, 0.25) is 0 Å². The Bertz CT molecular complexity index is 582. The second-order valence-corrected chi connectivity index (χ2v) is 5.68. The number of ether oxygens (including phenoxy) is 1. The number of hydrogen-bond donors (Lipinski definition) is 3. The highest BCUT2D eigenvalue weighted by Crippen LogP contribution is 2.39. The van der Waals surface area contributed by atoms with Crippen LogP contribution in [0.15, 0.2) is 12.1 Å². The molecule has 5 nitrogen and oxygen atoms in total. The van der Waals surface area contributed by atoms with E-state index in [1.54, 1.807) is 0 Å². The molecule has 0 amide bonds. The molecule has 1 fully saturated rings. The molecule has 23 heavy (non-hydrogen) atoms. The second-order valence-electron chi connectivity index (χ2n) is 5.68. The molecule has 2 rings (SSSR count). The molecule has 1 aromatic rings. The zero-order valence-corrected chi connectivity index (χ0v) is 12.6. The molecular formula is C15H19F3N2O3. The number of aromatic carboxylic acids is 1. The third-order valence-electron chi connectivity index (χ3n) is 4.15. The van der Waals surface area contributed by atoms with E-state index in [4.69, 9.17) is 15.6 Å². The summed E-state index contributed by atoms with van der Waals surface area (Å²) in [5, 5.41) is 12.2. The zero-order chi connectivity index (χ0) is 17.2. The Hall–Kier alpha value is -2.12. The molecule has 8 heteroatoms. The van der Waals surface area contributed by atoms with Crippen molar-refractivity contribution in [1.29, 1.82) is 0 Å². The number of nitrogens with one attached hydrogen (secondary N) is 1. The van der Waals surface area contributed by atoms with E-state index in [9.17, 15) is 18.0 Å². The van der Waals surface area contributed by atoms with Gasteiger partial charge in [-0.05, 0) is 31.7 Å². The number of nitrogens with two attached hydrogens (primary N) is 1. The predicted molar refractivity (Wildman–Crippen MR) is 79.8 cm³/mol. The van der Waals surface area contributed by atoms with Crippen molar-refractivity contribution in [1.82, 2.24) is 0 Å². The van der Waals surface area contributed by atoms with E-state index in [0.29, 0.717) is 18.5 Å². The van der Waals surface area contributed by atoms with Crippen molar-refractivity contribution < 1.29 is 27.8 Å². The molecule has 128 valence electrons. The molecule has 0 heterocycles. The van der Waals surface area contributed by atoms with E-state index in [2.05, 4.69) is 5.32 Å². The lowest BCUT2D eigenvalue weighted by molar-refractivity contribution is -0.182. The van der Waals surface area contributed by atoms with Crippen LogP contribution >= 0.6 is 0 Å². The number of carboxylic acids is 1. The molecule has 1 aliphatic carbocycles. The van der Waals surface area contributed by atoms with Gasteiger partial charge in [0.25, 0.3) is 0 Å². The van der Waals surface area contributed by atoms with Crippen LogP contribution in [0.5, 0.6) is 5.75 Å². The van der Waals surface area contributed by atoms with Crippen molar-refractivity contribution in [3.05, 3.63) is 17.7 Å². The van der Waals surface area contributed by atoms with Gasteiger partial charge in [-0.15, -0.1) is 0 Å². The maximum Gasteiger partial charge on any atom is 0.391 e. The van der Waals surface area contributed by atoms with Gasteiger partial charge in [-0.25, -0.2) is 4.79 Å². The van der Waals surface area contributed by atoms with Gasteiger partial charge in [-0.2, -0.15) is 13.2 Å². The minimum atomic E-state index is -4.14. The second kappa shape index (κ2) is 6.55. The molecule has 0 spiro atoms. The number of carboxylic acid groups (broad SMARTS) is 1. The molecule has 0 unspecified atom stereocenters. The maximum atomic E-state index is 12.7. The van der Waals surface area contributed by atoms with Crippen LogP contribution in [0.25, 0.3) is 0 Å². The average Bonchev–Trinajstić information content (AvgIpc) is 2.48. The number of alkyl halides is 3. The molecular weight excluding hydrogens is 313 g/mol. The molecule has 0 atom stereocenters. The summed E-state index contributed by atoms with van der Waals surface area (Å²) in [5.41, 5.74) is 6.47. The summed E-state index contributed by atoms with van der Waals surface area (Å²) < 4.78 is 43.0. The van der Waals surface area contributed by atoms with E-state index in [1.807, 2.05) is 0 Å². The predicted octanol–water partition coefficient (Wildman–Crippen LogP) is 3.51. The van der Waals surface area contributed by atoms with Gasteiger partial charge >= 0.3 is 12.1 Å². The van der Waals surface area contributed by atoms with Crippen molar-refractivity contribution in [3.63, 3.8) is 0 Å². The molecule has 4 N–H and O–H groups in total. The number of methoxy groups -OCH3 is 1. The Morgan fingerprint density at radius 2 is 1.91 bits per heavy atom. The molecule has 1 saturated carbocycles. The Balaban J connectivity index is 2.08. The van der Waals surface area contributed by atoms with E-state index in [1.165, 1.54) is 19.2 Å². The van der Waals surface area contributed by atoms with Gasteiger partial charge in [0.15, 0.2) is 0 Å². The smallest absolute Gasteiger partial charge is 0.391 e. The van der Waals surface area contributed by atoms with Crippen LogP contribution < -0.4 is 15.8 Å². The largest absolute Gasteiger partial charge is 0.496 e. The quantitative estimate of drug-likeness (QED) is 0.735. The lowest BCUT2D eigenvalue weighted by Crippen LogP contribution is -2.33. The van der Waals surface area contributed by atoms with Crippen molar-refractivity contribution in [2.45, 2.75) is 37.9 Å². The SMILES string of the molecule is COc1cc(NC2CCC(C(F)(F)F)CC2)c(N)cc1C(=O)O. The summed E-state index contributed by atoms with van der Waals surface area (Å²) in [5.74, 6) is -2.26. The summed E-state index contributed by atoms with van der Waals surface area (Å²) in [6.07, 6.45) is -3.23. The Labute approximate surface area is 131 Å². The van der Waals surface area contributed by atoms with E-state index in [-0.39, 0.29) is 35.9 Å². The van der Waals surface area contributed by atoms with Crippen LogP contribution in [-0.4, -0.2) is 30.4 Å². The number of carbonyl (C=O) groups is 1. The monoisotopic (exact) mass is 332 g/mol. The number of anilines is 2. The number of benzene rings is 1. The lowest BCUT2D eigenvalue weighted by atomic mass is 9.85. The number of hydrogen-bond acceptors (Lipinski definition) is 4. The highest BCUT2D eigenvalue weighted by Gasteiger charge is 2.41. The zero-order valence-electron chi connectivity index (χ0n) is 12.6. The van der Waals surface area contributed by atoms with Gasteiger partial charge < -0.3 is 20.9 Å². The van der Waals surface area contributed by atoms with E-state index in [0.717, 1.165) is 0 Å². The first-order valence-corrected chi connectivity index (χ1v) is 7.26. The minimum Gasteiger partial charge on any atom is -0.496 e. The fourth-order valence-corrected chi connectivity index (χ4v) is 2.84. The molecule has 1 aliphatic rings. The van der Waals surface area contributed by atoms with Gasteiger partial charge in [0, 0.05) is 12.1 Å². The lowest BCUT2D eigenvalue weighted by Gasteiger charge is -2.31. The van der Waals surface area contributed by atoms with Gasteiger partial charge in [-0.3, -0.25) is 0 Å². The van der Waals surface area contributed by atoms with Crippen molar-refractivity contribution >= 4 is 17.3 Å². The highest BCUT2D eigenvalue weighted by atomic mass is 19.4. The number of nitrogen functional groups attached to an aromatic ring is 1. The number of halogens is 3. The van der Waals surface area contributed by atoms with Gasteiger partial charge in [0.05, 0.1) is 24.4 Å². The number of rotatable bonds is 4. The van der Waals surface area contributed by atoms with Crippen LogP contribution in [-0.2, 0) is 0 Å². The summed E-state index contributed by atoms with van der Waals surface area (Å²) in [6, 6.07) is 2.62. The van der Waals surface area contributed by atoms with E-state index < -0.39 is 18.1 Å². The van der Waals surface area contributed by atoms with Crippen molar-refractivity contribution in [2.75, 3.05) is 18.2 Å². The van der Waals surface area contributed by atoms with Crippen LogP contribution in [0.4, 0.5) is 24.5 Å². The summed E-state index contributed by atoms with van der Waals surface area (Å²) >= 11 is 0. The molecule has 0 radical (unpaired) electrons. The topological polar surface area (TPSA) is 84.6 Å². The fourth-order valence-electron chi connectivity index (χ4n) is 2.84. The normalized spacial score (nSPS) is 21.7. The maximum absolute atomic E-state index is 12.7. The van der Waals surface area contributed by atoms with Crippen molar-refractivity contribution in [2.24, 2.45) is 5.92 Å². The van der Waals surface area contributed by atoms with Crippen LogP contribution in [0.1, 0.15) is 36.0 Å². The third kappa shape index (κ3) is 4.00. The third-order valence-corrected chi connectivity index (χ3v) is 4.15. The Kier molecular flexibility index (Phi) is 4.91. The van der Waals surface area contributed by atoms with Crippen molar-refractivity contribution in [3.8, 4) is 5.75 Å². The summed E-state index contributed by atoms with van der Waals surface area (Å²) in [4.78, 5) is 11.1. The van der Waals surface area contributed by atoms with Crippen LogP contribution in [0.2, 0.25) is 0 Å². The molecule has 0 aliphatic heterocycles. The summed E-state index contributed by atoms with van der Waals surface area (Å²) in [7, 11) is 1.34. The standard InChI is InChI=1S/C15H19F3N2O3/c1-23-13-7-12(11(19)6-10(13)14(21)22)20-9-4-2-8(3-5-9)15(16,17)18/h6-9,20H,2-5,19H2,1H3,(H,21,22). The van der Waals surface area contributed by atoms with Gasteiger partial charge in [0.1, 0.15) is 11.3 Å². The first kappa shape index (κ1) is 17.2. The van der Waals surface area contributed by atoms with Crippen LogP contribution in [0.3, 0.4) is 0 Å². The van der Waals surface area contributed by atoms with Crippen LogP contribution in [0, 0.1) is 5.92 Å². The first-order chi connectivity index (χ1) is 10.7. The fraction of sp³-hybridized carbons (Fsp3) is 0.533. The molecule has 0 aromatic heterocycles. The van der Waals surface area contributed by atoms with E-state index >= 15 is 0 Å². The Morgan fingerprint density at radius 3 is 2.39 bits per heavy atom. The summed E-state index contributed by atoms with van der Waals surface area (Å²) in [6.45, 7) is 0. The molecule has 1 aromatic carbocycles. The highest BCUT2D eigenvalue weighted by molar-refractivity contribution is 5.94. The molecule has 0 saturated heterocycles. The first-order valence-electron chi connectivity index (χ1n) is 7.26. The molecule has 0 bridgehead atoms. The average molecular weight is 332 g/mol. The Morgan fingerprint density at radius 1 is 1.30 bits per heavy atom. The van der Waals surface area contributed by atoms with Gasteiger partial charge in [-0.1, -0.05) is 0 Å².